The standard InChI is InChI=1S/C25H27Cl2FN4O3/c26-18-2-1-3-19(27)24(18)32(30)21(23(29)13-4-5-13)12-35-22-10-16-8-14(22)11-31(16)15-6-7-17(25(33)34)20(28)9-15/h1-3,6-7,9,13-14,16,22H,4-5,8,10-12,29-30H2,(H,33,34)/b23-21-. The van der Waals surface area contributed by atoms with E-state index in [0.29, 0.717) is 39.4 Å². The van der Waals surface area contributed by atoms with E-state index in [1.165, 1.54) is 17.1 Å². The number of carboxylic acids is 1. The van der Waals surface area contributed by atoms with E-state index < -0.39 is 11.8 Å². The van der Waals surface area contributed by atoms with Crippen LogP contribution in [0.1, 0.15) is 36.0 Å². The largest absolute Gasteiger partial charge is 0.478 e. The van der Waals surface area contributed by atoms with E-state index in [4.69, 9.17) is 44.6 Å². The zero-order chi connectivity index (χ0) is 24.9. The number of nitrogens with two attached hydrogens (primary N) is 2. The van der Waals surface area contributed by atoms with Crippen LogP contribution in [0, 0.1) is 17.7 Å². The molecule has 5 rings (SSSR count). The fraction of sp³-hybridized carbons (Fsp3) is 0.400. The van der Waals surface area contributed by atoms with E-state index >= 15 is 0 Å². The van der Waals surface area contributed by atoms with E-state index in [-0.39, 0.29) is 36.2 Å². The van der Waals surface area contributed by atoms with Crippen LogP contribution in [-0.4, -0.2) is 36.4 Å². The van der Waals surface area contributed by atoms with Crippen LogP contribution in [0.2, 0.25) is 10.0 Å². The third kappa shape index (κ3) is 4.68. The highest BCUT2D eigenvalue weighted by molar-refractivity contribution is 6.39. The van der Waals surface area contributed by atoms with Gasteiger partial charge in [-0.25, -0.2) is 15.0 Å². The molecule has 3 fully saturated rings. The van der Waals surface area contributed by atoms with Gasteiger partial charge < -0.3 is 20.5 Å². The van der Waals surface area contributed by atoms with E-state index in [9.17, 15) is 9.18 Å². The lowest BCUT2D eigenvalue weighted by molar-refractivity contribution is 0.0372. The number of piperidine rings is 1. The van der Waals surface area contributed by atoms with Gasteiger partial charge >= 0.3 is 5.97 Å². The molecule has 10 heteroatoms. The number of carbonyl (C=O) groups is 1. The maximum atomic E-state index is 14.2. The van der Waals surface area contributed by atoms with Crippen molar-refractivity contribution in [3.05, 3.63) is 69.2 Å². The topological polar surface area (TPSA) is 105 Å². The second-order valence-corrected chi connectivity index (χ2v) is 10.3. The second-order valence-electron chi connectivity index (χ2n) is 9.47. The quantitative estimate of drug-likeness (QED) is 0.339. The summed E-state index contributed by atoms with van der Waals surface area (Å²) in [6.07, 6.45) is 3.74. The van der Waals surface area contributed by atoms with Gasteiger partial charge in [-0.1, -0.05) is 29.3 Å². The number of fused-ring (bicyclic) bond motifs is 2. The molecule has 0 radical (unpaired) electrons. The Bertz CT molecular complexity index is 1170. The van der Waals surface area contributed by atoms with E-state index in [2.05, 4.69) is 4.90 Å². The molecule has 186 valence electrons. The molecule has 1 saturated heterocycles. The van der Waals surface area contributed by atoms with E-state index in [1.807, 2.05) is 0 Å². The van der Waals surface area contributed by atoms with Gasteiger partial charge in [0.1, 0.15) is 5.82 Å². The predicted octanol–water partition coefficient (Wildman–Crippen LogP) is 4.78. The summed E-state index contributed by atoms with van der Waals surface area (Å²) in [5.41, 5.74) is 8.69. The summed E-state index contributed by atoms with van der Waals surface area (Å²) in [6.45, 7) is 0.942. The van der Waals surface area contributed by atoms with Crippen molar-refractivity contribution >= 4 is 40.5 Å². The number of allylic oxidation sites excluding steroid dienone is 1. The Morgan fingerprint density at radius 3 is 2.49 bits per heavy atom. The van der Waals surface area contributed by atoms with Crippen molar-refractivity contribution in [3.63, 3.8) is 0 Å². The number of hydrogen-bond acceptors (Lipinski definition) is 6. The molecule has 1 aliphatic heterocycles. The molecule has 1 heterocycles. The zero-order valence-corrected chi connectivity index (χ0v) is 20.5. The molecular formula is C25H27Cl2FN4O3. The van der Waals surface area contributed by atoms with Crippen LogP contribution in [0.3, 0.4) is 0 Å². The number of aromatic carboxylic acids is 1. The number of anilines is 2. The zero-order valence-electron chi connectivity index (χ0n) is 19.0. The molecule has 0 amide bonds. The normalized spacial score (nSPS) is 24.0. The third-order valence-corrected chi connectivity index (χ3v) is 7.86. The van der Waals surface area contributed by atoms with Gasteiger partial charge in [0, 0.05) is 35.8 Å². The number of halogens is 3. The number of benzene rings is 2. The van der Waals surface area contributed by atoms with Crippen molar-refractivity contribution in [2.24, 2.45) is 23.4 Å². The number of ether oxygens (including phenoxy) is 1. The number of hydrazine groups is 1. The molecule has 3 atom stereocenters. The highest BCUT2D eigenvalue weighted by Gasteiger charge is 2.45. The number of carboxylic acid groups (broad SMARTS) is 1. The van der Waals surface area contributed by atoms with E-state index in [0.717, 1.165) is 25.7 Å². The Hall–Kier alpha value is -2.52. The van der Waals surface area contributed by atoms with Crippen molar-refractivity contribution in [2.45, 2.75) is 37.8 Å². The third-order valence-electron chi connectivity index (χ3n) is 7.25. The smallest absolute Gasteiger partial charge is 0.338 e. The van der Waals surface area contributed by atoms with Gasteiger partial charge in [-0.2, -0.15) is 0 Å². The molecule has 2 aromatic rings. The van der Waals surface area contributed by atoms with Crippen molar-refractivity contribution in [1.29, 1.82) is 0 Å². The molecule has 35 heavy (non-hydrogen) atoms. The second kappa shape index (κ2) is 9.50. The molecular weight excluding hydrogens is 494 g/mol. The van der Waals surface area contributed by atoms with Gasteiger partial charge in [-0.05, 0) is 56.0 Å². The molecule has 2 aliphatic carbocycles. The van der Waals surface area contributed by atoms with E-state index in [1.54, 1.807) is 24.3 Å². The molecule has 2 aromatic carbocycles. The fourth-order valence-electron chi connectivity index (χ4n) is 5.24. The molecule has 7 nitrogen and oxygen atoms in total. The molecule has 2 saturated carbocycles. The number of hydrogen-bond donors (Lipinski definition) is 3. The lowest BCUT2D eigenvalue weighted by atomic mass is 10.0. The molecule has 3 aliphatic rings. The fourth-order valence-corrected chi connectivity index (χ4v) is 5.82. The summed E-state index contributed by atoms with van der Waals surface area (Å²) >= 11 is 12.8. The van der Waals surface area contributed by atoms with Crippen LogP contribution in [0.5, 0.6) is 0 Å². The van der Waals surface area contributed by atoms with Crippen molar-refractivity contribution in [2.75, 3.05) is 23.1 Å². The Morgan fingerprint density at radius 1 is 1.20 bits per heavy atom. The van der Waals surface area contributed by atoms with Crippen LogP contribution in [0.15, 0.2) is 47.8 Å². The van der Waals surface area contributed by atoms with Gasteiger partial charge in [0.2, 0.25) is 0 Å². The molecule has 0 spiro atoms. The van der Waals surface area contributed by atoms with Crippen LogP contribution >= 0.6 is 23.2 Å². The van der Waals surface area contributed by atoms with Crippen LogP contribution in [-0.2, 0) is 4.74 Å². The highest BCUT2D eigenvalue weighted by Crippen LogP contribution is 2.43. The maximum Gasteiger partial charge on any atom is 0.338 e. The SMILES string of the molecule is N/C(=C(/COC1CC2CC1CN2c1ccc(C(=O)O)c(F)c1)N(N)c1c(Cl)cccc1Cl)C1CC1. The number of para-hydroxylation sites is 1. The average molecular weight is 521 g/mol. The molecule has 0 aromatic heterocycles. The monoisotopic (exact) mass is 520 g/mol. The van der Waals surface area contributed by atoms with Gasteiger partial charge in [0.15, 0.2) is 0 Å². The number of nitrogens with zero attached hydrogens (tertiary/aromatic N) is 2. The minimum atomic E-state index is -1.27. The summed E-state index contributed by atoms with van der Waals surface area (Å²) in [5, 5.41) is 11.4. The van der Waals surface area contributed by atoms with Crippen molar-refractivity contribution < 1.29 is 19.0 Å². The molecule has 2 bridgehead atoms. The highest BCUT2D eigenvalue weighted by atomic mass is 35.5. The summed E-state index contributed by atoms with van der Waals surface area (Å²) in [5.74, 6) is 5.02. The Kier molecular flexibility index (Phi) is 6.57. The maximum absolute atomic E-state index is 14.2. The summed E-state index contributed by atoms with van der Waals surface area (Å²) in [7, 11) is 0. The molecule has 5 N–H and O–H groups in total. The van der Waals surface area contributed by atoms with Gasteiger partial charge in [-0.15, -0.1) is 0 Å². The average Bonchev–Trinajstić information content (AvgIpc) is 3.48. The van der Waals surface area contributed by atoms with Crippen LogP contribution in [0.4, 0.5) is 15.8 Å². The van der Waals surface area contributed by atoms with Gasteiger partial charge in [0.05, 0.1) is 39.7 Å². The van der Waals surface area contributed by atoms with Crippen LogP contribution in [0.25, 0.3) is 0 Å². The van der Waals surface area contributed by atoms with Gasteiger partial charge in [0.25, 0.3) is 0 Å². The first kappa shape index (κ1) is 24.2. The lowest BCUT2D eigenvalue weighted by Crippen LogP contribution is -2.40. The minimum absolute atomic E-state index is 0.0107. The summed E-state index contributed by atoms with van der Waals surface area (Å²) in [6, 6.07) is 9.70. The first-order valence-electron chi connectivity index (χ1n) is 11.6. The lowest BCUT2D eigenvalue weighted by Gasteiger charge is -2.34. The summed E-state index contributed by atoms with van der Waals surface area (Å²) in [4.78, 5) is 13.2. The molecule has 3 unspecified atom stereocenters. The van der Waals surface area contributed by atoms with Gasteiger partial charge in [-0.3, -0.25) is 5.01 Å². The Labute approximate surface area is 213 Å². The minimum Gasteiger partial charge on any atom is -0.478 e. The van der Waals surface area contributed by atoms with Crippen LogP contribution < -0.4 is 21.5 Å². The van der Waals surface area contributed by atoms with Crippen molar-refractivity contribution in [1.82, 2.24) is 0 Å². The first-order chi connectivity index (χ1) is 16.7. The number of rotatable bonds is 8. The van der Waals surface area contributed by atoms with Crippen molar-refractivity contribution in [3.8, 4) is 0 Å². The Morgan fingerprint density at radius 2 is 1.91 bits per heavy atom. The first-order valence-corrected chi connectivity index (χ1v) is 12.4. The predicted molar refractivity (Wildman–Crippen MR) is 134 cm³/mol. The summed E-state index contributed by atoms with van der Waals surface area (Å²) < 4.78 is 20.6. The Balaban J connectivity index is 1.28.